The number of amides is 1. The largest absolute Gasteiger partial charge is 0.504 e. The van der Waals surface area contributed by atoms with Gasteiger partial charge < -0.3 is 15.2 Å². The van der Waals surface area contributed by atoms with E-state index in [0.717, 1.165) is 5.56 Å². The molecular weight excluding hydrogens is 278 g/mol. The number of nitrogens with one attached hydrogen (secondary N) is 1. The third kappa shape index (κ3) is 3.65. The zero-order valence-corrected chi connectivity index (χ0v) is 11.6. The van der Waals surface area contributed by atoms with Crippen molar-refractivity contribution in [3.63, 3.8) is 0 Å². The molecule has 2 N–H and O–H groups in total. The summed E-state index contributed by atoms with van der Waals surface area (Å²) in [6, 6.07) is 11.7. The summed E-state index contributed by atoms with van der Waals surface area (Å²) in [6.07, 6.45) is 0. The van der Waals surface area contributed by atoms with Gasteiger partial charge in [-0.1, -0.05) is 23.7 Å². The molecule has 0 aliphatic carbocycles. The smallest absolute Gasteiger partial charge is 0.262 e. The summed E-state index contributed by atoms with van der Waals surface area (Å²) in [5.74, 6) is -0.0304. The average molecular weight is 292 g/mol. The second-order valence-corrected chi connectivity index (χ2v) is 4.70. The Bertz CT molecular complexity index is 628. The molecule has 2 rings (SSSR count). The van der Waals surface area contributed by atoms with Crippen LogP contribution in [0.1, 0.15) is 5.56 Å². The topological polar surface area (TPSA) is 58.6 Å². The van der Waals surface area contributed by atoms with Crippen molar-refractivity contribution < 1.29 is 14.6 Å². The summed E-state index contributed by atoms with van der Waals surface area (Å²) in [4.78, 5) is 11.8. The van der Waals surface area contributed by atoms with E-state index in [-0.39, 0.29) is 24.0 Å². The van der Waals surface area contributed by atoms with E-state index in [9.17, 15) is 9.90 Å². The fourth-order valence-electron chi connectivity index (χ4n) is 1.68. The number of anilines is 1. The van der Waals surface area contributed by atoms with Gasteiger partial charge in [0.25, 0.3) is 5.91 Å². The molecule has 20 heavy (non-hydrogen) atoms. The Hall–Kier alpha value is -2.20. The standard InChI is InChI=1S/C15H14ClNO3/c1-10-8-11(16)6-7-12(10)17-15(19)9-20-14-5-3-2-4-13(14)18/h2-8,18H,9H2,1H3,(H,17,19). The molecule has 104 valence electrons. The minimum Gasteiger partial charge on any atom is -0.504 e. The quantitative estimate of drug-likeness (QED) is 0.908. The summed E-state index contributed by atoms with van der Waals surface area (Å²) in [5, 5.41) is 12.9. The second kappa shape index (κ2) is 6.30. The van der Waals surface area contributed by atoms with Crippen molar-refractivity contribution in [2.24, 2.45) is 0 Å². The molecule has 0 bridgehead atoms. The van der Waals surface area contributed by atoms with Gasteiger partial charge in [0, 0.05) is 10.7 Å². The van der Waals surface area contributed by atoms with Crippen LogP contribution in [0.4, 0.5) is 5.69 Å². The van der Waals surface area contributed by atoms with Gasteiger partial charge in [-0.2, -0.15) is 0 Å². The highest BCUT2D eigenvalue weighted by atomic mass is 35.5. The molecule has 0 unspecified atom stereocenters. The average Bonchev–Trinajstić information content (AvgIpc) is 2.41. The molecule has 0 heterocycles. The molecule has 0 aromatic heterocycles. The Kier molecular flexibility index (Phi) is 4.48. The zero-order valence-electron chi connectivity index (χ0n) is 10.9. The molecule has 4 nitrogen and oxygen atoms in total. The van der Waals surface area contributed by atoms with Gasteiger partial charge >= 0.3 is 0 Å². The molecular formula is C15H14ClNO3. The lowest BCUT2D eigenvalue weighted by molar-refractivity contribution is -0.118. The third-order valence-corrected chi connectivity index (χ3v) is 2.92. The number of rotatable bonds is 4. The minimum absolute atomic E-state index is 0.00275. The Labute approximate surface area is 122 Å². The van der Waals surface area contributed by atoms with E-state index in [4.69, 9.17) is 16.3 Å². The first-order valence-corrected chi connectivity index (χ1v) is 6.41. The molecule has 0 spiro atoms. The van der Waals surface area contributed by atoms with E-state index in [1.807, 2.05) is 6.92 Å². The number of hydrogen-bond acceptors (Lipinski definition) is 3. The lowest BCUT2D eigenvalue weighted by Gasteiger charge is -2.10. The van der Waals surface area contributed by atoms with E-state index >= 15 is 0 Å². The Morgan fingerprint density at radius 2 is 2.05 bits per heavy atom. The highest BCUT2D eigenvalue weighted by Gasteiger charge is 2.07. The number of phenols is 1. The maximum Gasteiger partial charge on any atom is 0.262 e. The Morgan fingerprint density at radius 1 is 1.30 bits per heavy atom. The second-order valence-electron chi connectivity index (χ2n) is 4.26. The molecule has 0 aliphatic rings. The number of aromatic hydroxyl groups is 1. The predicted molar refractivity (Wildman–Crippen MR) is 78.4 cm³/mol. The van der Waals surface area contributed by atoms with Crippen LogP contribution in [-0.4, -0.2) is 17.6 Å². The highest BCUT2D eigenvalue weighted by molar-refractivity contribution is 6.30. The van der Waals surface area contributed by atoms with Gasteiger partial charge in [-0.05, 0) is 42.8 Å². The van der Waals surface area contributed by atoms with Crippen molar-refractivity contribution >= 4 is 23.2 Å². The molecule has 0 fully saturated rings. The monoisotopic (exact) mass is 291 g/mol. The van der Waals surface area contributed by atoms with E-state index in [0.29, 0.717) is 10.7 Å². The lowest BCUT2D eigenvalue weighted by atomic mass is 10.2. The van der Waals surface area contributed by atoms with E-state index in [2.05, 4.69) is 5.32 Å². The van der Waals surface area contributed by atoms with Gasteiger partial charge in [-0.25, -0.2) is 0 Å². The first kappa shape index (κ1) is 14.2. The zero-order chi connectivity index (χ0) is 14.5. The van der Waals surface area contributed by atoms with Crippen molar-refractivity contribution in [3.8, 4) is 11.5 Å². The first-order valence-electron chi connectivity index (χ1n) is 6.03. The molecule has 1 amide bonds. The van der Waals surface area contributed by atoms with Crippen LogP contribution in [0.25, 0.3) is 0 Å². The highest BCUT2D eigenvalue weighted by Crippen LogP contribution is 2.24. The molecule has 0 aliphatic heterocycles. The van der Waals surface area contributed by atoms with E-state index in [1.54, 1.807) is 36.4 Å². The number of carbonyl (C=O) groups is 1. The molecule has 2 aromatic rings. The summed E-state index contributed by atoms with van der Waals surface area (Å²) in [7, 11) is 0. The number of aryl methyl sites for hydroxylation is 1. The minimum atomic E-state index is -0.307. The van der Waals surface area contributed by atoms with Crippen molar-refractivity contribution in [2.75, 3.05) is 11.9 Å². The number of ether oxygens (including phenoxy) is 1. The van der Waals surface area contributed by atoms with Crippen LogP contribution in [0.2, 0.25) is 5.02 Å². The number of halogens is 1. The number of carbonyl (C=O) groups excluding carboxylic acids is 1. The summed E-state index contributed by atoms with van der Waals surface area (Å²) in [5.41, 5.74) is 1.55. The van der Waals surface area contributed by atoms with Crippen molar-refractivity contribution in [1.82, 2.24) is 0 Å². The van der Waals surface area contributed by atoms with Gasteiger partial charge in [-0.3, -0.25) is 4.79 Å². The third-order valence-electron chi connectivity index (χ3n) is 2.69. The van der Waals surface area contributed by atoms with Crippen LogP contribution < -0.4 is 10.1 Å². The van der Waals surface area contributed by atoms with Gasteiger partial charge in [0.15, 0.2) is 18.1 Å². The Balaban J connectivity index is 1.94. The van der Waals surface area contributed by atoms with Crippen LogP contribution in [0.15, 0.2) is 42.5 Å². The number of para-hydroxylation sites is 2. The van der Waals surface area contributed by atoms with Crippen LogP contribution in [0, 0.1) is 6.92 Å². The maximum atomic E-state index is 11.8. The summed E-state index contributed by atoms with van der Waals surface area (Å²) >= 11 is 5.85. The predicted octanol–water partition coefficient (Wildman–Crippen LogP) is 3.37. The van der Waals surface area contributed by atoms with Gasteiger partial charge in [0.2, 0.25) is 0 Å². The van der Waals surface area contributed by atoms with Crippen molar-refractivity contribution in [3.05, 3.63) is 53.1 Å². The number of phenolic OH excluding ortho intramolecular Hbond substituents is 1. The normalized spacial score (nSPS) is 10.1. The molecule has 0 saturated heterocycles. The SMILES string of the molecule is Cc1cc(Cl)ccc1NC(=O)COc1ccccc1O. The lowest BCUT2D eigenvalue weighted by Crippen LogP contribution is -2.20. The van der Waals surface area contributed by atoms with Gasteiger partial charge in [0.05, 0.1) is 0 Å². The summed E-state index contributed by atoms with van der Waals surface area (Å²) in [6.45, 7) is 1.67. The fraction of sp³-hybridized carbons (Fsp3) is 0.133. The summed E-state index contributed by atoms with van der Waals surface area (Å²) < 4.78 is 5.25. The molecule has 5 heteroatoms. The van der Waals surface area contributed by atoms with Crippen molar-refractivity contribution in [1.29, 1.82) is 0 Å². The van der Waals surface area contributed by atoms with E-state index < -0.39 is 0 Å². The maximum absolute atomic E-state index is 11.8. The van der Waals surface area contributed by atoms with Crippen LogP contribution in [-0.2, 0) is 4.79 Å². The van der Waals surface area contributed by atoms with Crippen molar-refractivity contribution in [2.45, 2.75) is 6.92 Å². The van der Waals surface area contributed by atoms with Gasteiger partial charge in [0.1, 0.15) is 0 Å². The van der Waals surface area contributed by atoms with E-state index in [1.165, 1.54) is 6.07 Å². The fourth-order valence-corrected chi connectivity index (χ4v) is 1.90. The molecule has 0 atom stereocenters. The van der Waals surface area contributed by atoms with Crippen LogP contribution in [0.5, 0.6) is 11.5 Å². The molecule has 0 saturated carbocycles. The van der Waals surface area contributed by atoms with Crippen LogP contribution in [0.3, 0.4) is 0 Å². The first-order chi connectivity index (χ1) is 9.56. The molecule has 2 aromatic carbocycles. The Morgan fingerprint density at radius 3 is 2.75 bits per heavy atom. The molecule has 0 radical (unpaired) electrons. The van der Waals surface area contributed by atoms with Crippen LogP contribution >= 0.6 is 11.6 Å². The number of hydrogen-bond donors (Lipinski definition) is 2. The van der Waals surface area contributed by atoms with Gasteiger partial charge in [-0.15, -0.1) is 0 Å². The number of benzene rings is 2.